The van der Waals surface area contributed by atoms with Crippen LogP contribution in [0.15, 0.2) is 42.7 Å². The van der Waals surface area contributed by atoms with Gasteiger partial charge in [0.15, 0.2) is 0 Å². The molecule has 1 atom stereocenters. The van der Waals surface area contributed by atoms with Crippen LogP contribution in [-0.2, 0) is 16.0 Å². The van der Waals surface area contributed by atoms with Gasteiger partial charge in [-0.15, -0.1) is 0 Å². The van der Waals surface area contributed by atoms with Crippen LogP contribution in [0.3, 0.4) is 0 Å². The number of aromatic nitrogens is 2. The van der Waals surface area contributed by atoms with Gasteiger partial charge in [-0.3, -0.25) is 0 Å². The highest BCUT2D eigenvalue weighted by molar-refractivity contribution is 5.99. The first-order valence-electron chi connectivity index (χ1n) is 12.1. The Morgan fingerprint density at radius 2 is 2.06 bits per heavy atom. The van der Waals surface area contributed by atoms with Gasteiger partial charge in [-0.1, -0.05) is 6.07 Å². The van der Waals surface area contributed by atoms with Crippen molar-refractivity contribution in [2.45, 2.75) is 77.0 Å². The predicted molar refractivity (Wildman–Crippen MR) is 130 cm³/mol. The van der Waals surface area contributed by atoms with Crippen LogP contribution in [0.5, 0.6) is 0 Å². The molecule has 174 valence electrons. The number of nitrogens with one attached hydrogen (secondary N) is 1. The Hall–Kier alpha value is -2.86. The van der Waals surface area contributed by atoms with Crippen molar-refractivity contribution in [2.75, 3.05) is 11.9 Å². The third kappa shape index (κ3) is 5.06. The number of rotatable bonds is 6. The highest BCUT2D eigenvalue weighted by Crippen LogP contribution is 2.41. The standard InChI is InChI=1S/C27H33N3O3/c1-27(2,3)33-26(31)22-15-19(18-10-11-18)16-28-25(22)29-23-8-6-9-24-21(23)12-13-30(24)17-20-7-4-5-14-32-20/h6,8-9,12-13,15-16,18,20H,4-5,7,10-11,14,17H2,1-3H3,(H,28,29). The summed E-state index contributed by atoms with van der Waals surface area (Å²) in [5, 5.41) is 4.52. The number of hydrogen-bond acceptors (Lipinski definition) is 5. The van der Waals surface area contributed by atoms with Crippen molar-refractivity contribution in [1.29, 1.82) is 0 Å². The fourth-order valence-electron chi connectivity index (χ4n) is 4.50. The smallest absolute Gasteiger partial charge is 0.342 e. The molecule has 1 aliphatic carbocycles. The number of carbonyl (C=O) groups excluding carboxylic acids is 1. The number of anilines is 2. The molecule has 6 nitrogen and oxygen atoms in total. The van der Waals surface area contributed by atoms with Gasteiger partial charge in [0, 0.05) is 36.6 Å². The monoisotopic (exact) mass is 447 g/mol. The van der Waals surface area contributed by atoms with Crippen molar-refractivity contribution in [3.05, 3.63) is 53.9 Å². The van der Waals surface area contributed by atoms with Crippen molar-refractivity contribution in [1.82, 2.24) is 9.55 Å². The topological polar surface area (TPSA) is 65.4 Å². The SMILES string of the molecule is CC(C)(C)OC(=O)c1cc(C2CC2)cnc1Nc1cccc2c1ccn2CC1CCCCO1. The Kier molecular flexibility index (Phi) is 5.87. The summed E-state index contributed by atoms with van der Waals surface area (Å²) in [5.74, 6) is 0.691. The molecule has 2 aromatic heterocycles. The number of fused-ring (bicyclic) bond motifs is 1. The van der Waals surface area contributed by atoms with E-state index in [4.69, 9.17) is 9.47 Å². The van der Waals surface area contributed by atoms with E-state index < -0.39 is 5.60 Å². The Morgan fingerprint density at radius 3 is 2.79 bits per heavy atom. The first-order chi connectivity index (χ1) is 15.9. The molecule has 3 heterocycles. The molecule has 3 aromatic rings. The lowest BCUT2D eigenvalue weighted by Gasteiger charge is -2.23. The summed E-state index contributed by atoms with van der Waals surface area (Å²) in [7, 11) is 0. The molecule has 1 N–H and O–H groups in total. The molecule has 1 unspecified atom stereocenters. The van der Waals surface area contributed by atoms with Gasteiger partial charge in [0.2, 0.25) is 0 Å². The molecule has 0 amide bonds. The molecule has 1 saturated carbocycles. The fraction of sp³-hybridized carbons (Fsp3) is 0.481. The van der Waals surface area contributed by atoms with Gasteiger partial charge >= 0.3 is 5.97 Å². The van der Waals surface area contributed by atoms with Gasteiger partial charge in [-0.05, 0) is 88.6 Å². The van der Waals surface area contributed by atoms with E-state index in [0.29, 0.717) is 17.3 Å². The van der Waals surface area contributed by atoms with E-state index in [1.807, 2.05) is 45.2 Å². The quantitative estimate of drug-likeness (QED) is 0.457. The van der Waals surface area contributed by atoms with E-state index in [-0.39, 0.29) is 12.1 Å². The maximum absolute atomic E-state index is 13.0. The number of ether oxygens (including phenoxy) is 2. The number of nitrogens with zero attached hydrogens (tertiary/aromatic N) is 2. The van der Waals surface area contributed by atoms with Crippen molar-refractivity contribution >= 4 is 28.4 Å². The summed E-state index contributed by atoms with van der Waals surface area (Å²) in [6.45, 7) is 7.36. The average Bonchev–Trinajstić information content (AvgIpc) is 3.55. The Bertz CT molecular complexity index is 1150. The van der Waals surface area contributed by atoms with Crippen molar-refractivity contribution < 1.29 is 14.3 Å². The highest BCUT2D eigenvalue weighted by atomic mass is 16.6. The van der Waals surface area contributed by atoms with Crippen LogP contribution < -0.4 is 5.32 Å². The van der Waals surface area contributed by atoms with E-state index in [1.54, 1.807) is 0 Å². The van der Waals surface area contributed by atoms with E-state index in [0.717, 1.165) is 61.0 Å². The Labute approximate surface area is 195 Å². The molecule has 0 spiro atoms. The minimum absolute atomic E-state index is 0.265. The first-order valence-corrected chi connectivity index (χ1v) is 12.1. The number of benzene rings is 1. The Morgan fingerprint density at radius 1 is 1.21 bits per heavy atom. The fourth-order valence-corrected chi connectivity index (χ4v) is 4.50. The lowest BCUT2D eigenvalue weighted by Crippen LogP contribution is -2.24. The van der Waals surface area contributed by atoms with Crippen LogP contribution in [0.1, 0.15) is 74.7 Å². The van der Waals surface area contributed by atoms with E-state index in [9.17, 15) is 4.79 Å². The molecule has 1 aromatic carbocycles. The van der Waals surface area contributed by atoms with Gasteiger partial charge in [0.05, 0.1) is 11.6 Å². The van der Waals surface area contributed by atoms with Gasteiger partial charge < -0.3 is 19.4 Å². The molecular weight excluding hydrogens is 414 g/mol. The van der Waals surface area contributed by atoms with Crippen LogP contribution >= 0.6 is 0 Å². The zero-order chi connectivity index (χ0) is 23.0. The highest BCUT2D eigenvalue weighted by Gasteiger charge is 2.28. The van der Waals surface area contributed by atoms with Crippen molar-refractivity contribution in [3.63, 3.8) is 0 Å². The molecule has 1 saturated heterocycles. The van der Waals surface area contributed by atoms with E-state index >= 15 is 0 Å². The zero-order valence-electron chi connectivity index (χ0n) is 19.8. The molecule has 2 aliphatic rings. The third-order valence-corrected chi connectivity index (χ3v) is 6.32. The molecule has 0 radical (unpaired) electrons. The largest absolute Gasteiger partial charge is 0.456 e. The van der Waals surface area contributed by atoms with Gasteiger partial charge in [-0.25, -0.2) is 9.78 Å². The van der Waals surface area contributed by atoms with Gasteiger partial charge in [0.1, 0.15) is 17.0 Å². The summed E-state index contributed by atoms with van der Waals surface area (Å²) in [4.78, 5) is 17.7. The Balaban J connectivity index is 1.44. The average molecular weight is 448 g/mol. The van der Waals surface area contributed by atoms with Gasteiger partial charge in [0.25, 0.3) is 0 Å². The zero-order valence-corrected chi connectivity index (χ0v) is 19.8. The first kappa shape index (κ1) is 22.0. The lowest BCUT2D eigenvalue weighted by atomic mass is 10.1. The number of hydrogen-bond donors (Lipinski definition) is 1. The summed E-state index contributed by atoms with van der Waals surface area (Å²) in [6.07, 6.45) is 10.1. The van der Waals surface area contributed by atoms with Crippen LogP contribution in [0.2, 0.25) is 0 Å². The predicted octanol–water partition coefficient (Wildman–Crippen LogP) is 6.18. The summed E-state index contributed by atoms with van der Waals surface area (Å²) >= 11 is 0. The maximum Gasteiger partial charge on any atom is 0.342 e. The molecule has 2 fully saturated rings. The molecule has 5 rings (SSSR count). The van der Waals surface area contributed by atoms with Crippen LogP contribution in [0, 0.1) is 0 Å². The van der Waals surface area contributed by atoms with Gasteiger partial charge in [-0.2, -0.15) is 0 Å². The molecular formula is C27H33N3O3. The number of pyridine rings is 1. The van der Waals surface area contributed by atoms with Crippen LogP contribution in [0.25, 0.3) is 10.9 Å². The normalized spacial score (nSPS) is 18.9. The minimum Gasteiger partial charge on any atom is -0.456 e. The summed E-state index contributed by atoms with van der Waals surface area (Å²) < 4.78 is 13.9. The molecule has 33 heavy (non-hydrogen) atoms. The number of carbonyl (C=O) groups is 1. The molecule has 1 aliphatic heterocycles. The van der Waals surface area contributed by atoms with Crippen molar-refractivity contribution in [3.8, 4) is 0 Å². The van der Waals surface area contributed by atoms with E-state index in [2.05, 4.69) is 33.2 Å². The second-order valence-electron chi connectivity index (χ2n) is 10.3. The van der Waals surface area contributed by atoms with Crippen molar-refractivity contribution in [2.24, 2.45) is 0 Å². The van der Waals surface area contributed by atoms with Crippen LogP contribution in [0.4, 0.5) is 11.5 Å². The minimum atomic E-state index is -0.567. The number of esters is 1. The van der Waals surface area contributed by atoms with Crippen LogP contribution in [-0.4, -0.2) is 33.8 Å². The lowest BCUT2D eigenvalue weighted by molar-refractivity contribution is 0.00642. The maximum atomic E-state index is 13.0. The molecule has 6 heteroatoms. The van der Waals surface area contributed by atoms with E-state index in [1.165, 1.54) is 6.42 Å². The third-order valence-electron chi connectivity index (χ3n) is 6.32. The second kappa shape index (κ2) is 8.82. The molecule has 0 bridgehead atoms. The summed E-state index contributed by atoms with van der Waals surface area (Å²) in [6, 6.07) is 10.3. The second-order valence-corrected chi connectivity index (χ2v) is 10.3. The summed E-state index contributed by atoms with van der Waals surface area (Å²) in [5.41, 5.74) is 3.09.